The van der Waals surface area contributed by atoms with Crippen molar-refractivity contribution in [1.29, 1.82) is 0 Å². The quantitative estimate of drug-likeness (QED) is 0.432. The molecule has 0 spiro atoms. The van der Waals surface area contributed by atoms with Gasteiger partial charge >= 0.3 is 0 Å². The minimum Gasteiger partial charge on any atom is -0.493 e. The Morgan fingerprint density at radius 2 is 1.39 bits per heavy atom. The van der Waals surface area contributed by atoms with E-state index in [1.807, 2.05) is 12.1 Å². The first-order chi connectivity index (χ1) is 15.1. The van der Waals surface area contributed by atoms with Crippen LogP contribution in [0.4, 0.5) is 0 Å². The zero-order chi connectivity index (χ0) is 22.3. The fourth-order valence-corrected chi connectivity index (χ4v) is 3.25. The van der Waals surface area contributed by atoms with Gasteiger partial charge < -0.3 is 19.3 Å². The van der Waals surface area contributed by atoms with Gasteiger partial charge in [0, 0.05) is 5.56 Å². The summed E-state index contributed by atoms with van der Waals surface area (Å²) in [4.78, 5) is 13.1. The number of benzene rings is 3. The van der Waals surface area contributed by atoms with Crippen LogP contribution in [0.5, 0.6) is 17.2 Å². The molecule has 31 heavy (non-hydrogen) atoms. The number of carbonyl (C=O) groups is 1. The molecule has 0 aliphatic rings. The number of amides is 1. The summed E-state index contributed by atoms with van der Waals surface area (Å²) in [5.74, 6) is 0.621. The average Bonchev–Trinajstić information content (AvgIpc) is 2.83. The molecule has 3 aromatic rings. The van der Waals surface area contributed by atoms with Crippen LogP contribution in [0.3, 0.4) is 0 Å². The van der Waals surface area contributed by atoms with E-state index < -0.39 is 11.5 Å². The number of hydrogen-bond acceptors (Lipinski definition) is 6. The van der Waals surface area contributed by atoms with Crippen LogP contribution in [-0.2, 0) is 10.4 Å². The van der Waals surface area contributed by atoms with E-state index in [4.69, 9.17) is 14.2 Å². The van der Waals surface area contributed by atoms with Crippen LogP contribution in [0, 0.1) is 0 Å². The largest absolute Gasteiger partial charge is 0.493 e. The molecule has 0 heterocycles. The highest BCUT2D eigenvalue weighted by atomic mass is 16.5. The minimum atomic E-state index is -1.92. The zero-order valence-corrected chi connectivity index (χ0v) is 17.5. The summed E-state index contributed by atoms with van der Waals surface area (Å²) in [6.07, 6.45) is 1.41. The predicted octanol–water partition coefficient (Wildman–Crippen LogP) is 3.10. The van der Waals surface area contributed by atoms with E-state index in [0.29, 0.717) is 33.9 Å². The lowest BCUT2D eigenvalue weighted by atomic mass is 9.85. The van der Waals surface area contributed by atoms with Crippen LogP contribution in [-0.4, -0.2) is 38.6 Å². The van der Waals surface area contributed by atoms with Crippen molar-refractivity contribution in [3.05, 3.63) is 89.5 Å². The Labute approximate surface area is 180 Å². The highest BCUT2D eigenvalue weighted by Crippen LogP contribution is 2.39. The predicted molar refractivity (Wildman–Crippen MR) is 118 cm³/mol. The monoisotopic (exact) mass is 420 g/mol. The molecule has 0 saturated heterocycles. The average molecular weight is 420 g/mol. The van der Waals surface area contributed by atoms with E-state index >= 15 is 0 Å². The van der Waals surface area contributed by atoms with Crippen LogP contribution in [0.15, 0.2) is 77.9 Å². The third-order valence-corrected chi connectivity index (χ3v) is 4.82. The second kappa shape index (κ2) is 9.77. The Morgan fingerprint density at radius 3 is 1.87 bits per heavy atom. The van der Waals surface area contributed by atoms with Gasteiger partial charge in [-0.2, -0.15) is 5.10 Å². The molecule has 0 radical (unpaired) electrons. The Balaban J connectivity index is 1.92. The van der Waals surface area contributed by atoms with Crippen LogP contribution >= 0.6 is 0 Å². The summed E-state index contributed by atoms with van der Waals surface area (Å²) < 4.78 is 16.0. The topological polar surface area (TPSA) is 89.4 Å². The number of ether oxygens (including phenoxy) is 3. The molecule has 160 valence electrons. The van der Waals surface area contributed by atoms with Crippen molar-refractivity contribution in [2.75, 3.05) is 21.3 Å². The second-order valence-electron chi connectivity index (χ2n) is 6.57. The number of aliphatic hydroxyl groups is 1. The van der Waals surface area contributed by atoms with Crippen molar-refractivity contribution in [2.24, 2.45) is 5.10 Å². The molecule has 0 saturated carbocycles. The molecule has 0 aliphatic carbocycles. The SMILES string of the molecule is COc1ccc(C=NNC(=O)C(O)(c2ccccc2)c2ccccc2)c(OC)c1OC. The van der Waals surface area contributed by atoms with Crippen LogP contribution < -0.4 is 19.6 Å². The molecule has 0 fully saturated rings. The maximum absolute atomic E-state index is 13.1. The van der Waals surface area contributed by atoms with Crippen molar-refractivity contribution in [3.8, 4) is 17.2 Å². The van der Waals surface area contributed by atoms with E-state index in [-0.39, 0.29) is 0 Å². The summed E-state index contributed by atoms with van der Waals surface area (Å²) in [7, 11) is 4.53. The third-order valence-electron chi connectivity index (χ3n) is 4.82. The molecule has 0 aromatic heterocycles. The van der Waals surface area contributed by atoms with Gasteiger partial charge in [-0.05, 0) is 23.3 Å². The Kier molecular flexibility index (Phi) is 6.89. The number of hydrogen-bond donors (Lipinski definition) is 2. The molecule has 3 rings (SSSR count). The smallest absolute Gasteiger partial charge is 0.281 e. The van der Waals surface area contributed by atoms with E-state index in [1.165, 1.54) is 27.5 Å². The van der Waals surface area contributed by atoms with Gasteiger partial charge in [0.2, 0.25) is 5.75 Å². The molecule has 3 aromatic carbocycles. The molecule has 0 atom stereocenters. The van der Waals surface area contributed by atoms with Crippen LogP contribution in [0.2, 0.25) is 0 Å². The van der Waals surface area contributed by atoms with E-state index in [2.05, 4.69) is 10.5 Å². The summed E-state index contributed by atoms with van der Waals surface area (Å²) in [5, 5.41) is 15.5. The highest BCUT2D eigenvalue weighted by Gasteiger charge is 2.39. The number of nitrogens with one attached hydrogen (secondary N) is 1. The summed E-state index contributed by atoms with van der Waals surface area (Å²) in [6, 6.07) is 20.8. The maximum Gasteiger partial charge on any atom is 0.281 e. The maximum atomic E-state index is 13.1. The van der Waals surface area contributed by atoms with Crippen molar-refractivity contribution in [3.63, 3.8) is 0 Å². The fraction of sp³-hybridized carbons (Fsp3) is 0.167. The van der Waals surface area contributed by atoms with Gasteiger partial charge in [0.25, 0.3) is 5.91 Å². The van der Waals surface area contributed by atoms with Crippen LogP contribution in [0.1, 0.15) is 16.7 Å². The van der Waals surface area contributed by atoms with Crippen LogP contribution in [0.25, 0.3) is 0 Å². The number of rotatable bonds is 8. The molecule has 1 amide bonds. The van der Waals surface area contributed by atoms with Crippen molar-refractivity contribution < 1.29 is 24.1 Å². The molecular formula is C24H24N2O5. The van der Waals surface area contributed by atoms with Gasteiger partial charge in [-0.15, -0.1) is 0 Å². The Hall–Kier alpha value is -3.84. The molecule has 0 bridgehead atoms. The summed E-state index contributed by atoms with van der Waals surface area (Å²) >= 11 is 0. The molecule has 2 N–H and O–H groups in total. The Bertz CT molecular complexity index is 1010. The lowest BCUT2D eigenvalue weighted by molar-refractivity contribution is -0.136. The van der Waals surface area contributed by atoms with Gasteiger partial charge in [0.15, 0.2) is 17.1 Å². The minimum absolute atomic E-state index is 0.404. The normalized spacial score (nSPS) is 11.2. The number of nitrogens with zero attached hydrogens (tertiary/aromatic N) is 1. The van der Waals surface area contributed by atoms with Gasteiger partial charge in [-0.1, -0.05) is 60.7 Å². The molecule has 7 nitrogen and oxygen atoms in total. The van der Waals surface area contributed by atoms with E-state index in [0.717, 1.165) is 0 Å². The summed E-state index contributed by atoms with van der Waals surface area (Å²) in [6.45, 7) is 0. The molecule has 0 unspecified atom stereocenters. The number of hydrazone groups is 1. The second-order valence-corrected chi connectivity index (χ2v) is 6.57. The van der Waals surface area contributed by atoms with Gasteiger partial charge in [-0.3, -0.25) is 4.79 Å². The fourth-order valence-electron chi connectivity index (χ4n) is 3.25. The van der Waals surface area contributed by atoms with Gasteiger partial charge in [0.1, 0.15) is 0 Å². The molecule has 7 heteroatoms. The first kappa shape index (κ1) is 21.9. The van der Waals surface area contributed by atoms with Gasteiger partial charge in [-0.25, -0.2) is 5.43 Å². The molecule has 0 aliphatic heterocycles. The van der Waals surface area contributed by atoms with E-state index in [1.54, 1.807) is 60.7 Å². The lowest BCUT2D eigenvalue weighted by Crippen LogP contribution is -2.43. The summed E-state index contributed by atoms with van der Waals surface area (Å²) in [5.41, 5.74) is 1.94. The van der Waals surface area contributed by atoms with Crippen molar-refractivity contribution in [2.45, 2.75) is 5.60 Å². The zero-order valence-electron chi connectivity index (χ0n) is 17.5. The van der Waals surface area contributed by atoms with Crippen molar-refractivity contribution >= 4 is 12.1 Å². The standard InChI is InChI=1S/C24H24N2O5/c1-29-20-15-14-17(21(30-2)22(20)31-3)16-25-26-23(27)24(28,18-10-6-4-7-11-18)19-12-8-5-9-13-19/h4-16,28H,1-3H3,(H,26,27). The van der Waals surface area contributed by atoms with Gasteiger partial charge in [0.05, 0.1) is 27.5 Å². The first-order valence-electron chi connectivity index (χ1n) is 9.52. The third kappa shape index (κ3) is 4.36. The van der Waals surface area contributed by atoms with E-state index in [9.17, 15) is 9.90 Å². The first-order valence-corrected chi connectivity index (χ1v) is 9.52. The Morgan fingerprint density at radius 1 is 0.839 bits per heavy atom. The van der Waals surface area contributed by atoms with Crippen molar-refractivity contribution in [1.82, 2.24) is 5.43 Å². The molecular weight excluding hydrogens is 396 g/mol. The highest BCUT2D eigenvalue weighted by molar-refractivity contribution is 5.92. The lowest BCUT2D eigenvalue weighted by Gasteiger charge is -2.27. The number of methoxy groups -OCH3 is 3. The number of carbonyl (C=O) groups excluding carboxylic acids is 1.